The lowest BCUT2D eigenvalue weighted by Gasteiger charge is -2.06. The Morgan fingerprint density at radius 1 is 1.37 bits per heavy atom. The van der Waals surface area contributed by atoms with Crippen molar-refractivity contribution in [2.24, 2.45) is 0 Å². The van der Waals surface area contributed by atoms with Crippen LogP contribution in [-0.2, 0) is 6.42 Å². The summed E-state index contributed by atoms with van der Waals surface area (Å²) in [6, 6.07) is 3.82. The first-order chi connectivity index (χ1) is 9.16. The largest absolute Gasteiger partial charge is 0.508 e. The number of nitrogens with zero attached hydrogens (tertiary/aromatic N) is 2. The van der Waals surface area contributed by atoms with Crippen molar-refractivity contribution in [1.82, 2.24) is 20.5 Å². The van der Waals surface area contributed by atoms with Crippen LogP contribution in [-0.4, -0.2) is 37.8 Å². The SMILES string of the molecule is O=C(NCCCc1ncn[nH]1)c1cc(O)ccc1O. The fourth-order valence-corrected chi connectivity index (χ4v) is 1.61. The summed E-state index contributed by atoms with van der Waals surface area (Å²) >= 11 is 0. The van der Waals surface area contributed by atoms with Gasteiger partial charge in [0.05, 0.1) is 5.56 Å². The molecule has 1 amide bonds. The fourth-order valence-electron chi connectivity index (χ4n) is 1.61. The lowest BCUT2D eigenvalue weighted by atomic mass is 10.1. The highest BCUT2D eigenvalue weighted by atomic mass is 16.3. The summed E-state index contributed by atoms with van der Waals surface area (Å²) in [6.45, 7) is 0.439. The molecule has 0 saturated heterocycles. The predicted octanol–water partition coefficient (Wildman–Crippen LogP) is 0.578. The number of benzene rings is 1. The number of carbonyl (C=O) groups is 1. The van der Waals surface area contributed by atoms with Gasteiger partial charge in [0.15, 0.2) is 0 Å². The molecule has 100 valence electrons. The zero-order valence-corrected chi connectivity index (χ0v) is 10.1. The van der Waals surface area contributed by atoms with E-state index in [-0.39, 0.29) is 17.1 Å². The molecule has 0 aliphatic rings. The van der Waals surface area contributed by atoms with Gasteiger partial charge in [-0.2, -0.15) is 5.10 Å². The number of amides is 1. The van der Waals surface area contributed by atoms with Crippen LogP contribution in [0.2, 0.25) is 0 Å². The molecule has 19 heavy (non-hydrogen) atoms. The zero-order valence-electron chi connectivity index (χ0n) is 10.1. The van der Waals surface area contributed by atoms with Crippen LogP contribution < -0.4 is 5.32 Å². The minimum absolute atomic E-state index is 0.0552. The first kappa shape index (κ1) is 12.9. The lowest BCUT2D eigenvalue weighted by Crippen LogP contribution is -2.24. The molecule has 0 unspecified atom stereocenters. The summed E-state index contributed by atoms with van der Waals surface area (Å²) < 4.78 is 0. The van der Waals surface area contributed by atoms with Gasteiger partial charge in [-0.1, -0.05) is 0 Å². The van der Waals surface area contributed by atoms with Crippen LogP contribution in [0.25, 0.3) is 0 Å². The Labute approximate surface area is 109 Å². The molecule has 0 spiro atoms. The number of phenolic OH excluding ortho intramolecular Hbond substituents is 2. The molecule has 1 aromatic heterocycles. The molecule has 2 aromatic rings. The maximum atomic E-state index is 11.8. The van der Waals surface area contributed by atoms with E-state index in [1.165, 1.54) is 24.5 Å². The quantitative estimate of drug-likeness (QED) is 0.465. The van der Waals surface area contributed by atoms with Gasteiger partial charge < -0.3 is 15.5 Å². The summed E-state index contributed by atoms with van der Waals surface area (Å²) in [6.07, 6.45) is 2.80. The second-order valence-corrected chi connectivity index (χ2v) is 3.99. The number of aromatic nitrogens is 3. The third kappa shape index (κ3) is 3.44. The standard InChI is InChI=1S/C12H14N4O3/c17-8-3-4-10(18)9(6-8)12(19)13-5-1-2-11-14-7-15-16-11/h3-4,6-7,17-18H,1-2,5H2,(H,13,19)(H,14,15,16). The molecule has 0 saturated carbocycles. The molecule has 1 aromatic carbocycles. The third-order valence-corrected chi connectivity index (χ3v) is 2.57. The lowest BCUT2D eigenvalue weighted by molar-refractivity contribution is 0.0950. The van der Waals surface area contributed by atoms with E-state index in [1.54, 1.807) is 0 Å². The molecule has 7 heteroatoms. The number of aryl methyl sites for hydroxylation is 1. The van der Waals surface area contributed by atoms with Crippen molar-refractivity contribution < 1.29 is 15.0 Å². The topological polar surface area (TPSA) is 111 Å². The van der Waals surface area contributed by atoms with E-state index in [4.69, 9.17) is 0 Å². The van der Waals surface area contributed by atoms with Gasteiger partial charge in [-0.25, -0.2) is 4.98 Å². The van der Waals surface area contributed by atoms with E-state index in [0.29, 0.717) is 19.4 Å². The maximum absolute atomic E-state index is 11.8. The highest BCUT2D eigenvalue weighted by molar-refractivity contribution is 5.97. The molecule has 0 aliphatic carbocycles. The van der Waals surface area contributed by atoms with E-state index in [2.05, 4.69) is 20.5 Å². The molecular weight excluding hydrogens is 248 g/mol. The normalized spacial score (nSPS) is 10.3. The second kappa shape index (κ2) is 5.85. The van der Waals surface area contributed by atoms with Crippen molar-refractivity contribution in [1.29, 1.82) is 0 Å². The Morgan fingerprint density at radius 3 is 2.95 bits per heavy atom. The molecule has 0 bridgehead atoms. The van der Waals surface area contributed by atoms with Crippen LogP contribution in [0.3, 0.4) is 0 Å². The number of aromatic amines is 1. The number of aromatic hydroxyl groups is 2. The van der Waals surface area contributed by atoms with E-state index >= 15 is 0 Å². The highest BCUT2D eigenvalue weighted by Gasteiger charge is 2.11. The Kier molecular flexibility index (Phi) is 3.97. The number of carbonyl (C=O) groups excluding carboxylic acids is 1. The van der Waals surface area contributed by atoms with Crippen LogP contribution in [0.1, 0.15) is 22.6 Å². The van der Waals surface area contributed by atoms with Gasteiger partial charge in [0, 0.05) is 13.0 Å². The summed E-state index contributed by atoms with van der Waals surface area (Å²) in [5, 5.41) is 27.9. The number of hydrogen-bond acceptors (Lipinski definition) is 5. The first-order valence-electron chi connectivity index (χ1n) is 5.81. The van der Waals surface area contributed by atoms with Crippen molar-refractivity contribution in [3.63, 3.8) is 0 Å². The maximum Gasteiger partial charge on any atom is 0.255 e. The number of nitrogens with one attached hydrogen (secondary N) is 2. The number of rotatable bonds is 5. The molecule has 0 fully saturated rings. The minimum atomic E-state index is -0.425. The molecule has 2 rings (SSSR count). The fraction of sp³-hybridized carbons (Fsp3) is 0.250. The Hall–Kier alpha value is -2.57. The molecule has 0 aliphatic heterocycles. The summed E-state index contributed by atoms with van der Waals surface area (Å²) in [7, 11) is 0. The number of hydrogen-bond donors (Lipinski definition) is 4. The number of phenols is 2. The van der Waals surface area contributed by atoms with Crippen molar-refractivity contribution in [3.05, 3.63) is 35.9 Å². The molecular formula is C12H14N4O3. The van der Waals surface area contributed by atoms with Crippen molar-refractivity contribution >= 4 is 5.91 Å². The van der Waals surface area contributed by atoms with Crippen LogP contribution in [0.4, 0.5) is 0 Å². The summed E-state index contributed by atoms with van der Waals surface area (Å²) in [4.78, 5) is 15.7. The average molecular weight is 262 g/mol. The summed E-state index contributed by atoms with van der Waals surface area (Å²) in [5.74, 6) is 0.107. The Balaban J connectivity index is 1.82. The van der Waals surface area contributed by atoms with E-state index in [0.717, 1.165) is 5.82 Å². The van der Waals surface area contributed by atoms with E-state index in [9.17, 15) is 15.0 Å². The summed E-state index contributed by atoms with van der Waals surface area (Å²) in [5.41, 5.74) is 0.0552. The van der Waals surface area contributed by atoms with Gasteiger partial charge in [0.2, 0.25) is 0 Å². The van der Waals surface area contributed by atoms with Crippen LogP contribution in [0, 0.1) is 0 Å². The van der Waals surface area contributed by atoms with Crippen molar-refractivity contribution in [2.75, 3.05) is 6.54 Å². The van der Waals surface area contributed by atoms with Gasteiger partial charge >= 0.3 is 0 Å². The Morgan fingerprint density at radius 2 is 2.21 bits per heavy atom. The van der Waals surface area contributed by atoms with Crippen molar-refractivity contribution in [2.45, 2.75) is 12.8 Å². The molecule has 4 N–H and O–H groups in total. The van der Waals surface area contributed by atoms with Gasteiger partial charge in [0.1, 0.15) is 23.7 Å². The molecule has 0 radical (unpaired) electrons. The van der Waals surface area contributed by atoms with Gasteiger partial charge in [-0.3, -0.25) is 9.89 Å². The number of H-pyrrole nitrogens is 1. The monoisotopic (exact) mass is 262 g/mol. The zero-order chi connectivity index (χ0) is 13.7. The van der Waals surface area contributed by atoms with Gasteiger partial charge in [-0.15, -0.1) is 0 Å². The van der Waals surface area contributed by atoms with Crippen LogP contribution in [0.15, 0.2) is 24.5 Å². The minimum Gasteiger partial charge on any atom is -0.508 e. The van der Waals surface area contributed by atoms with Gasteiger partial charge in [-0.05, 0) is 24.6 Å². The smallest absolute Gasteiger partial charge is 0.255 e. The van der Waals surface area contributed by atoms with Crippen LogP contribution in [0.5, 0.6) is 11.5 Å². The average Bonchev–Trinajstić information content (AvgIpc) is 2.90. The molecule has 0 atom stereocenters. The van der Waals surface area contributed by atoms with E-state index in [1.807, 2.05) is 0 Å². The van der Waals surface area contributed by atoms with Crippen molar-refractivity contribution in [3.8, 4) is 11.5 Å². The van der Waals surface area contributed by atoms with E-state index < -0.39 is 5.91 Å². The first-order valence-corrected chi connectivity index (χ1v) is 5.81. The predicted molar refractivity (Wildman–Crippen MR) is 66.8 cm³/mol. The highest BCUT2D eigenvalue weighted by Crippen LogP contribution is 2.21. The van der Waals surface area contributed by atoms with Crippen LogP contribution >= 0.6 is 0 Å². The Bertz CT molecular complexity index is 554. The second-order valence-electron chi connectivity index (χ2n) is 3.99. The van der Waals surface area contributed by atoms with Gasteiger partial charge in [0.25, 0.3) is 5.91 Å². The third-order valence-electron chi connectivity index (χ3n) is 2.57. The molecule has 1 heterocycles. The molecule has 7 nitrogen and oxygen atoms in total.